The van der Waals surface area contributed by atoms with Gasteiger partial charge in [0.1, 0.15) is 5.82 Å². The highest BCUT2D eigenvalue weighted by Crippen LogP contribution is 2.18. The standard InChI is InChI=1S/C25H38N6O.HI/c1-18(2)15-20(4)32-24-16-21(9-12-27-24)17-28-25(26-5)30-22-10-13-31(14-11-22)23-8-6-7-19(3)29-23;/h6-9,12,16,18,20,22H,10-11,13-15,17H2,1-5H3,(H2,26,28,30);1H. The number of hydrogen-bond donors (Lipinski definition) is 2. The molecule has 1 fully saturated rings. The Morgan fingerprint density at radius 3 is 2.64 bits per heavy atom. The second-order valence-electron chi connectivity index (χ2n) is 9.03. The molecule has 0 aliphatic carbocycles. The molecular weight excluding hydrogens is 527 g/mol. The number of aryl methyl sites for hydroxylation is 1. The number of ether oxygens (including phenoxy) is 1. The van der Waals surface area contributed by atoms with E-state index in [0.29, 0.717) is 24.4 Å². The molecule has 7 nitrogen and oxygen atoms in total. The van der Waals surface area contributed by atoms with Crippen LogP contribution in [0.1, 0.15) is 51.3 Å². The summed E-state index contributed by atoms with van der Waals surface area (Å²) in [5.74, 6) is 3.18. The normalized spacial score (nSPS) is 15.7. The van der Waals surface area contributed by atoms with Gasteiger partial charge in [-0.25, -0.2) is 9.97 Å². The number of aliphatic imine (C=N–C) groups is 1. The van der Waals surface area contributed by atoms with Crippen LogP contribution in [0, 0.1) is 12.8 Å². The van der Waals surface area contributed by atoms with Gasteiger partial charge in [-0.2, -0.15) is 0 Å². The molecule has 0 aromatic carbocycles. The van der Waals surface area contributed by atoms with Gasteiger partial charge in [0.2, 0.25) is 5.88 Å². The van der Waals surface area contributed by atoms with E-state index in [2.05, 4.69) is 63.4 Å². The van der Waals surface area contributed by atoms with Crippen molar-refractivity contribution in [2.45, 2.75) is 65.6 Å². The smallest absolute Gasteiger partial charge is 0.213 e. The van der Waals surface area contributed by atoms with Gasteiger partial charge < -0.3 is 20.3 Å². The lowest BCUT2D eigenvalue weighted by atomic mass is 10.1. The quantitative estimate of drug-likeness (QED) is 0.278. The number of halogens is 1. The van der Waals surface area contributed by atoms with E-state index in [1.807, 2.05) is 32.2 Å². The zero-order valence-electron chi connectivity index (χ0n) is 20.5. The molecule has 33 heavy (non-hydrogen) atoms. The summed E-state index contributed by atoms with van der Waals surface area (Å²) >= 11 is 0. The highest BCUT2D eigenvalue weighted by molar-refractivity contribution is 14.0. The van der Waals surface area contributed by atoms with Gasteiger partial charge in [-0.3, -0.25) is 4.99 Å². The molecule has 1 atom stereocenters. The van der Waals surface area contributed by atoms with E-state index in [9.17, 15) is 0 Å². The van der Waals surface area contributed by atoms with Crippen LogP contribution in [0.25, 0.3) is 0 Å². The zero-order valence-corrected chi connectivity index (χ0v) is 22.9. The molecule has 3 rings (SSSR count). The van der Waals surface area contributed by atoms with Crippen molar-refractivity contribution in [3.63, 3.8) is 0 Å². The molecule has 1 unspecified atom stereocenters. The summed E-state index contributed by atoms with van der Waals surface area (Å²) in [5, 5.41) is 7.00. The third kappa shape index (κ3) is 8.98. The Bertz CT molecular complexity index is 883. The Morgan fingerprint density at radius 2 is 1.97 bits per heavy atom. The van der Waals surface area contributed by atoms with Gasteiger partial charge >= 0.3 is 0 Å². The minimum absolute atomic E-state index is 0. The fourth-order valence-corrected chi connectivity index (χ4v) is 4.07. The van der Waals surface area contributed by atoms with Crippen molar-refractivity contribution in [3.05, 3.63) is 47.8 Å². The van der Waals surface area contributed by atoms with Crippen LogP contribution in [0.3, 0.4) is 0 Å². The molecule has 8 heteroatoms. The molecule has 2 N–H and O–H groups in total. The monoisotopic (exact) mass is 566 g/mol. The van der Waals surface area contributed by atoms with Gasteiger partial charge in [0.05, 0.1) is 6.10 Å². The Morgan fingerprint density at radius 1 is 1.21 bits per heavy atom. The molecule has 2 aromatic rings. The lowest BCUT2D eigenvalue weighted by Crippen LogP contribution is -2.48. The predicted molar refractivity (Wildman–Crippen MR) is 147 cm³/mol. The number of hydrogen-bond acceptors (Lipinski definition) is 5. The second kappa shape index (κ2) is 13.6. The first-order chi connectivity index (χ1) is 15.4. The van der Waals surface area contributed by atoms with Gasteiger partial charge in [-0.1, -0.05) is 19.9 Å². The Balaban J connectivity index is 0.00000385. The van der Waals surface area contributed by atoms with Crippen molar-refractivity contribution in [2.24, 2.45) is 10.9 Å². The highest BCUT2D eigenvalue weighted by atomic mass is 127. The van der Waals surface area contributed by atoms with Crippen LogP contribution >= 0.6 is 24.0 Å². The van der Waals surface area contributed by atoms with Crippen molar-refractivity contribution in [1.82, 2.24) is 20.6 Å². The van der Waals surface area contributed by atoms with Crippen LogP contribution in [0.4, 0.5) is 5.82 Å². The second-order valence-corrected chi connectivity index (χ2v) is 9.03. The predicted octanol–water partition coefficient (Wildman–Crippen LogP) is 4.55. The summed E-state index contributed by atoms with van der Waals surface area (Å²) in [6.07, 6.45) is 5.08. The number of guanidine groups is 1. The minimum Gasteiger partial charge on any atom is -0.475 e. The zero-order chi connectivity index (χ0) is 22.9. The van der Waals surface area contributed by atoms with Gasteiger partial charge in [0.25, 0.3) is 0 Å². The molecule has 1 aliphatic rings. The number of nitrogens with one attached hydrogen (secondary N) is 2. The number of pyridine rings is 2. The van der Waals surface area contributed by atoms with Crippen molar-refractivity contribution < 1.29 is 4.74 Å². The summed E-state index contributed by atoms with van der Waals surface area (Å²) in [7, 11) is 1.82. The van der Waals surface area contributed by atoms with Gasteiger partial charge in [0, 0.05) is 50.7 Å². The third-order valence-electron chi connectivity index (χ3n) is 5.64. The van der Waals surface area contributed by atoms with E-state index in [-0.39, 0.29) is 30.1 Å². The van der Waals surface area contributed by atoms with E-state index < -0.39 is 0 Å². The topological polar surface area (TPSA) is 74.7 Å². The van der Waals surface area contributed by atoms with Crippen LogP contribution in [-0.2, 0) is 6.54 Å². The van der Waals surface area contributed by atoms with Gasteiger partial charge in [-0.15, -0.1) is 24.0 Å². The summed E-state index contributed by atoms with van der Waals surface area (Å²) in [5.41, 5.74) is 2.18. The number of aromatic nitrogens is 2. The van der Waals surface area contributed by atoms with Crippen LogP contribution < -0.4 is 20.3 Å². The van der Waals surface area contributed by atoms with Crippen LogP contribution in [-0.4, -0.2) is 48.2 Å². The molecule has 1 saturated heterocycles. The summed E-state index contributed by atoms with van der Waals surface area (Å²) in [6.45, 7) is 11.2. The van der Waals surface area contributed by atoms with E-state index in [1.54, 1.807) is 6.20 Å². The average Bonchev–Trinajstić information content (AvgIpc) is 2.76. The van der Waals surface area contributed by atoms with Gasteiger partial charge in [0.15, 0.2) is 5.96 Å². The largest absolute Gasteiger partial charge is 0.475 e. The molecular formula is C25H39IN6O. The van der Waals surface area contributed by atoms with Crippen LogP contribution in [0.2, 0.25) is 0 Å². The van der Waals surface area contributed by atoms with Crippen LogP contribution in [0.5, 0.6) is 5.88 Å². The fraction of sp³-hybridized carbons (Fsp3) is 0.560. The van der Waals surface area contributed by atoms with E-state index >= 15 is 0 Å². The molecule has 0 amide bonds. The third-order valence-corrected chi connectivity index (χ3v) is 5.64. The molecule has 1 aliphatic heterocycles. The molecule has 0 spiro atoms. The minimum atomic E-state index is 0. The van der Waals surface area contributed by atoms with E-state index in [1.165, 1.54) is 0 Å². The summed E-state index contributed by atoms with van der Waals surface area (Å²) < 4.78 is 5.98. The van der Waals surface area contributed by atoms with Gasteiger partial charge in [-0.05, 0) is 62.8 Å². The first-order valence-corrected chi connectivity index (χ1v) is 11.7. The van der Waals surface area contributed by atoms with Crippen LogP contribution in [0.15, 0.2) is 41.5 Å². The lowest BCUT2D eigenvalue weighted by molar-refractivity contribution is 0.185. The molecule has 0 radical (unpaired) electrons. The first kappa shape index (κ1) is 27.1. The lowest BCUT2D eigenvalue weighted by Gasteiger charge is -2.34. The first-order valence-electron chi connectivity index (χ1n) is 11.7. The molecule has 0 bridgehead atoms. The summed E-state index contributed by atoms with van der Waals surface area (Å²) in [4.78, 5) is 15.8. The Kier molecular flexibility index (Phi) is 11.2. The van der Waals surface area contributed by atoms with Crippen molar-refractivity contribution in [1.29, 1.82) is 0 Å². The van der Waals surface area contributed by atoms with E-state index in [4.69, 9.17) is 4.74 Å². The summed E-state index contributed by atoms with van der Waals surface area (Å²) in [6, 6.07) is 10.6. The molecule has 0 saturated carbocycles. The van der Waals surface area contributed by atoms with Crippen molar-refractivity contribution in [3.8, 4) is 5.88 Å². The van der Waals surface area contributed by atoms with Crippen molar-refractivity contribution in [2.75, 3.05) is 25.0 Å². The SMILES string of the molecule is CN=C(NCc1ccnc(OC(C)CC(C)C)c1)NC1CCN(c2cccc(C)n2)CC1.I. The van der Waals surface area contributed by atoms with Crippen molar-refractivity contribution >= 4 is 35.8 Å². The maximum atomic E-state index is 5.98. The van der Waals surface area contributed by atoms with E-state index in [0.717, 1.165) is 55.4 Å². The maximum Gasteiger partial charge on any atom is 0.213 e. The number of anilines is 1. The average molecular weight is 567 g/mol. The highest BCUT2D eigenvalue weighted by Gasteiger charge is 2.21. The number of piperidine rings is 1. The number of rotatable bonds is 8. The molecule has 3 heterocycles. The molecule has 182 valence electrons. The Labute approximate surface area is 215 Å². The fourth-order valence-electron chi connectivity index (χ4n) is 4.07. The number of nitrogens with zero attached hydrogens (tertiary/aromatic N) is 4. The molecule has 2 aromatic heterocycles. The Hall–Kier alpha value is -2.10. The maximum absolute atomic E-state index is 5.98.